The highest BCUT2D eigenvalue weighted by Gasteiger charge is 2.29. The molecule has 0 unspecified atom stereocenters. The van der Waals surface area contributed by atoms with Crippen molar-refractivity contribution in [2.45, 2.75) is 13.0 Å². The van der Waals surface area contributed by atoms with Crippen LogP contribution >= 0.6 is 0 Å². The summed E-state index contributed by atoms with van der Waals surface area (Å²) < 4.78 is 28.4. The van der Waals surface area contributed by atoms with Crippen LogP contribution in [0.2, 0.25) is 0 Å². The molecule has 11 nitrogen and oxygen atoms in total. The van der Waals surface area contributed by atoms with Gasteiger partial charge in [0.1, 0.15) is 6.04 Å². The van der Waals surface area contributed by atoms with E-state index in [9.17, 15) is 13.2 Å². The lowest BCUT2D eigenvalue weighted by atomic mass is 10.0. The van der Waals surface area contributed by atoms with Gasteiger partial charge in [0.05, 0.1) is 0 Å². The van der Waals surface area contributed by atoms with Gasteiger partial charge in [-0.05, 0) is 70.9 Å². The van der Waals surface area contributed by atoms with Gasteiger partial charge in [-0.1, -0.05) is 42.2 Å². The molecule has 3 aromatic carbocycles. The minimum Gasteiger partial charge on any atom is -0.480 e. The quantitative estimate of drug-likeness (QED) is 0.294. The molecule has 0 amide bonds. The maximum Gasteiger partial charge on any atom is 0.321 e. The number of aromatic nitrogens is 4. The second kappa shape index (κ2) is 11.7. The summed E-state index contributed by atoms with van der Waals surface area (Å²) in [6, 6.07) is 18.8. The number of fused-ring (bicyclic) bond motifs is 1. The van der Waals surface area contributed by atoms with E-state index in [1.165, 1.54) is 11.2 Å². The molecule has 40 heavy (non-hydrogen) atoms. The van der Waals surface area contributed by atoms with Crippen LogP contribution in [0.1, 0.15) is 29.4 Å². The molecule has 5 rings (SSSR count). The number of hydrogen-bond acceptors (Lipinski definition) is 7. The average Bonchev–Trinajstić information content (AvgIpc) is 3.49. The van der Waals surface area contributed by atoms with Crippen molar-refractivity contribution in [1.82, 2.24) is 29.7 Å². The van der Waals surface area contributed by atoms with E-state index in [0.29, 0.717) is 18.9 Å². The van der Waals surface area contributed by atoms with Gasteiger partial charge >= 0.3 is 5.97 Å². The Bertz CT molecular complexity index is 1700. The number of carboxylic acid groups (broad SMARTS) is 1. The fourth-order valence-corrected chi connectivity index (χ4v) is 5.70. The number of hydrogen-bond donors (Lipinski definition) is 3. The van der Waals surface area contributed by atoms with E-state index in [2.05, 4.69) is 54.2 Å². The molecule has 3 N–H and O–H groups in total. The third kappa shape index (κ3) is 6.35. The minimum atomic E-state index is -3.86. The summed E-state index contributed by atoms with van der Waals surface area (Å²) in [4.78, 5) is 13.1. The van der Waals surface area contributed by atoms with Crippen molar-refractivity contribution >= 4 is 44.8 Å². The molecule has 1 aliphatic heterocycles. The Hall–Kier alpha value is -4.57. The summed E-state index contributed by atoms with van der Waals surface area (Å²) in [5.41, 5.74) is 3.75. The molecule has 1 fully saturated rings. The first-order chi connectivity index (χ1) is 19.3. The van der Waals surface area contributed by atoms with Crippen LogP contribution in [-0.2, 0) is 15.0 Å². The molecule has 1 atom stereocenters. The summed E-state index contributed by atoms with van der Waals surface area (Å²) in [7, 11) is -3.86. The second-order valence-electron chi connectivity index (χ2n) is 9.25. The smallest absolute Gasteiger partial charge is 0.321 e. The van der Waals surface area contributed by atoms with E-state index < -0.39 is 22.2 Å². The van der Waals surface area contributed by atoms with Crippen LogP contribution in [0.25, 0.3) is 22.9 Å². The first-order valence-electron chi connectivity index (χ1n) is 12.6. The third-order valence-electron chi connectivity index (χ3n) is 6.55. The third-order valence-corrected chi connectivity index (χ3v) is 8.24. The molecule has 0 saturated carbocycles. The van der Waals surface area contributed by atoms with Gasteiger partial charge in [-0.3, -0.25) is 4.79 Å². The number of carboxylic acids is 1. The molecule has 0 spiro atoms. The monoisotopic (exact) mass is 557 g/mol. The SMILES string of the molecule is C[C@@H](NS(=O)(=O)N1CCN(c2ccc(C#Cc3ccc4cccc(C=Cc5nn[nH]n5)c4c3)cc2)CC1)C(=O)O. The first-order valence-corrected chi connectivity index (χ1v) is 14.0. The summed E-state index contributed by atoms with van der Waals surface area (Å²) in [5, 5.41) is 25.1. The normalized spacial score (nSPS) is 15.2. The molecule has 204 valence electrons. The average molecular weight is 558 g/mol. The summed E-state index contributed by atoms with van der Waals surface area (Å²) in [6.45, 7) is 2.81. The molecule has 0 aliphatic carbocycles. The van der Waals surface area contributed by atoms with Gasteiger partial charge in [0.2, 0.25) is 0 Å². The van der Waals surface area contributed by atoms with Crippen molar-refractivity contribution in [3.05, 3.63) is 83.2 Å². The van der Waals surface area contributed by atoms with E-state index in [0.717, 1.165) is 33.2 Å². The Morgan fingerprint density at radius 1 is 1.02 bits per heavy atom. The van der Waals surface area contributed by atoms with Crippen LogP contribution in [0, 0.1) is 11.8 Å². The zero-order valence-electron chi connectivity index (χ0n) is 21.7. The molecule has 2 heterocycles. The second-order valence-corrected chi connectivity index (χ2v) is 11.0. The van der Waals surface area contributed by atoms with Crippen molar-refractivity contribution in [3.63, 3.8) is 0 Å². The highest BCUT2D eigenvalue weighted by atomic mass is 32.2. The van der Waals surface area contributed by atoms with Crippen molar-refractivity contribution < 1.29 is 18.3 Å². The Kier molecular flexibility index (Phi) is 7.88. The number of nitrogens with zero attached hydrogens (tertiary/aromatic N) is 5. The molecular formula is C28H27N7O4S. The molecule has 1 aliphatic rings. The maximum absolute atomic E-state index is 12.5. The molecular weight excluding hydrogens is 530 g/mol. The Morgan fingerprint density at radius 2 is 1.75 bits per heavy atom. The highest BCUT2D eigenvalue weighted by Crippen LogP contribution is 2.22. The number of aliphatic carboxylic acids is 1. The number of nitrogens with one attached hydrogen (secondary N) is 2. The predicted octanol–water partition coefficient (Wildman–Crippen LogP) is 2.35. The predicted molar refractivity (Wildman–Crippen MR) is 152 cm³/mol. The fraction of sp³-hybridized carbons (Fsp3) is 0.214. The number of carbonyl (C=O) groups is 1. The molecule has 0 bridgehead atoms. The van der Waals surface area contributed by atoms with Crippen LogP contribution in [0.4, 0.5) is 5.69 Å². The van der Waals surface area contributed by atoms with Crippen molar-refractivity contribution in [1.29, 1.82) is 0 Å². The number of benzene rings is 3. The van der Waals surface area contributed by atoms with Gasteiger partial charge in [0.25, 0.3) is 10.2 Å². The maximum atomic E-state index is 12.5. The molecule has 1 aromatic heterocycles. The lowest BCUT2D eigenvalue weighted by Gasteiger charge is -2.35. The zero-order valence-corrected chi connectivity index (χ0v) is 22.5. The lowest BCUT2D eigenvalue weighted by Crippen LogP contribution is -2.54. The molecule has 12 heteroatoms. The topological polar surface area (TPSA) is 144 Å². The largest absolute Gasteiger partial charge is 0.480 e. The van der Waals surface area contributed by atoms with E-state index in [4.69, 9.17) is 5.11 Å². The van der Waals surface area contributed by atoms with Gasteiger partial charge in [-0.15, -0.1) is 10.2 Å². The summed E-state index contributed by atoms with van der Waals surface area (Å²) >= 11 is 0. The van der Waals surface area contributed by atoms with Crippen LogP contribution in [-0.4, -0.2) is 76.6 Å². The van der Waals surface area contributed by atoms with E-state index >= 15 is 0 Å². The van der Waals surface area contributed by atoms with Gasteiger partial charge < -0.3 is 10.0 Å². The summed E-state index contributed by atoms with van der Waals surface area (Å²) in [6.07, 6.45) is 3.75. The number of anilines is 1. The van der Waals surface area contributed by atoms with Crippen molar-refractivity contribution in [3.8, 4) is 11.8 Å². The van der Waals surface area contributed by atoms with Crippen molar-refractivity contribution in [2.75, 3.05) is 31.1 Å². The molecule has 4 aromatic rings. The summed E-state index contributed by atoms with van der Waals surface area (Å²) in [5.74, 6) is 5.75. The van der Waals surface area contributed by atoms with E-state index in [1.807, 2.05) is 54.6 Å². The Balaban J connectivity index is 1.24. The van der Waals surface area contributed by atoms with Crippen LogP contribution < -0.4 is 9.62 Å². The lowest BCUT2D eigenvalue weighted by molar-refractivity contribution is -0.138. The molecule has 0 radical (unpaired) electrons. The number of tetrazole rings is 1. The van der Waals surface area contributed by atoms with E-state index in [1.54, 1.807) is 6.08 Å². The molecule has 1 saturated heterocycles. The Morgan fingerprint density at radius 3 is 2.45 bits per heavy atom. The van der Waals surface area contributed by atoms with Crippen LogP contribution in [0.5, 0.6) is 0 Å². The highest BCUT2D eigenvalue weighted by molar-refractivity contribution is 7.87. The van der Waals surface area contributed by atoms with Crippen LogP contribution in [0.3, 0.4) is 0 Å². The number of H-pyrrole nitrogens is 1. The first kappa shape index (κ1) is 27.0. The van der Waals surface area contributed by atoms with Gasteiger partial charge in [-0.2, -0.15) is 22.7 Å². The van der Waals surface area contributed by atoms with Crippen LogP contribution in [0.15, 0.2) is 60.7 Å². The fourth-order valence-electron chi connectivity index (χ4n) is 4.36. The number of piperazine rings is 1. The standard InChI is InChI=1S/C28H27N7O4S/c1-20(28(36)37)31-40(38,39)35-17-15-34(16-18-35)25-12-8-21(9-13-25)5-6-22-7-10-23-3-2-4-24(26(23)19-22)11-14-27-29-32-33-30-27/h2-4,7-14,19-20,31H,15-18H2,1H3,(H,36,37)(H,29,30,32,33)/t20-/m1/s1. The van der Waals surface area contributed by atoms with Gasteiger partial charge in [0.15, 0.2) is 5.82 Å². The van der Waals surface area contributed by atoms with E-state index in [-0.39, 0.29) is 13.1 Å². The minimum absolute atomic E-state index is 0.261. The Labute approximate surface area is 231 Å². The number of rotatable bonds is 7. The van der Waals surface area contributed by atoms with Gasteiger partial charge in [-0.25, -0.2) is 0 Å². The van der Waals surface area contributed by atoms with Gasteiger partial charge in [0, 0.05) is 43.0 Å². The zero-order chi connectivity index (χ0) is 28.1. The van der Waals surface area contributed by atoms with Crippen molar-refractivity contribution in [2.24, 2.45) is 0 Å². The number of aromatic amines is 1.